The molecule has 14 heavy (non-hydrogen) atoms. The zero-order valence-electron chi connectivity index (χ0n) is 7.95. The van der Waals surface area contributed by atoms with Gasteiger partial charge >= 0.3 is 0 Å². The van der Waals surface area contributed by atoms with E-state index in [2.05, 4.69) is 0 Å². The Labute approximate surface area is 88.6 Å². The molecule has 1 aliphatic heterocycles. The highest BCUT2D eigenvalue weighted by Crippen LogP contribution is 2.16. The number of halogens is 1. The van der Waals surface area contributed by atoms with E-state index in [4.69, 9.17) is 22.6 Å². The summed E-state index contributed by atoms with van der Waals surface area (Å²) in [6.07, 6.45) is 1.80. The van der Waals surface area contributed by atoms with Crippen molar-refractivity contribution >= 4 is 17.5 Å². The molecule has 2 N–H and O–H groups in total. The second-order valence-corrected chi connectivity index (χ2v) is 4.12. The number of nitrogens with two attached hydrogens (primary N) is 1. The molecular formula is C9H14ClN3O. The van der Waals surface area contributed by atoms with E-state index in [1.807, 2.05) is 11.0 Å². The van der Waals surface area contributed by atoms with Crippen LogP contribution in [0, 0.1) is 17.2 Å². The molecule has 1 amide bonds. The molecule has 1 aliphatic rings. The lowest BCUT2D eigenvalue weighted by atomic mass is 9.97. The van der Waals surface area contributed by atoms with Gasteiger partial charge in [0.1, 0.15) is 5.38 Å². The van der Waals surface area contributed by atoms with Crippen molar-refractivity contribution in [1.29, 1.82) is 5.26 Å². The summed E-state index contributed by atoms with van der Waals surface area (Å²) in [6, 6.07) is 1.96. The largest absolute Gasteiger partial charge is 0.369 e. The molecule has 0 bridgehead atoms. The zero-order valence-corrected chi connectivity index (χ0v) is 8.70. The van der Waals surface area contributed by atoms with Crippen molar-refractivity contribution < 1.29 is 4.79 Å². The number of alkyl halides is 1. The predicted molar refractivity (Wildman–Crippen MR) is 53.6 cm³/mol. The molecular weight excluding hydrogens is 202 g/mol. The number of nitriles is 1. The van der Waals surface area contributed by atoms with Crippen molar-refractivity contribution in [2.75, 3.05) is 19.6 Å². The minimum atomic E-state index is -0.498. The summed E-state index contributed by atoms with van der Waals surface area (Å²) >= 11 is 5.71. The van der Waals surface area contributed by atoms with Crippen molar-refractivity contribution in [2.24, 2.45) is 11.7 Å². The van der Waals surface area contributed by atoms with Crippen LogP contribution in [0.25, 0.3) is 0 Å². The van der Waals surface area contributed by atoms with Gasteiger partial charge in [0.25, 0.3) is 0 Å². The van der Waals surface area contributed by atoms with E-state index >= 15 is 0 Å². The third-order valence-electron chi connectivity index (χ3n) is 2.47. The molecule has 2 atom stereocenters. The van der Waals surface area contributed by atoms with E-state index in [0.717, 1.165) is 19.4 Å². The number of hydrogen-bond donors (Lipinski definition) is 1. The van der Waals surface area contributed by atoms with Gasteiger partial charge in [-0.05, 0) is 19.4 Å². The van der Waals surface area contributed by atoms with Gasteiger partial charge in [-0.2, -0.15) is 5.26 Å². The van der Waals surface area contributed by atoms with Gasteiger partial charge in [0.05, 0.1) is 12.0 Å². The molecule has 0 aromatic carbocycles. The number of hydrogen-bond acceptors (Lipinski definition) is 3. The summed E-state index contributed by atoms with van der Waals surface area (Å²) in [5.41, 5.74) is 5.23. The van der Waals surface area contributed by atoms with Crippen LogP contribution >= 0.6 is 11.6 Å². The van der Waals surface area contributed by atoms with Crippen LogP contribution in [0.5, 0.6) is 0 Å². The number of carbonyl (C=O) groups is 1. The number of primary amides is 1. The molecule has 0 aromatic rings. The fourth-order valence-corrected chi connectivity index (χ4v) is 1.92. The molecule has 1 fully saturated rings. The summed E-state index contributed by atoms with van der Waals surface area (Å²) in [5, 5.41) is 8.04. The second-order valence-electron chi connectivity index (χ2n) is 3.60. The van der Waals surface area contributed by atoms with Gasteiger partial charge < -0.3 is 10.6 Å². The molecule has 4 nitrogen and oxygen atoms in total. The minimum absolute atomic E-state index is 0.0775. The molecule has 0 aliphatic carbocycles. The molecule has 78 valence electrons. The van der Waals surface area contributed by atoms with Crippen molar-refractivity contribution in [1.82, 2.24) is 4.90 Å². The minimum Gasteiger partial charge on any atom is -0.369 e. The number of rotatable bonds is 3. The zero-order chi connectivity index (χ0) is 10.6. The number of likely N-dealkylation sites (tertiary alicyclic amines) is 1. The van der Waals surface area contributed by atoms with Crippen LogP contribution in [0.1, 0.15) is 12.8 Å². The molecule has 5 heteroatoms. The lowest BCUT2D eigenvalue weighted by molar-refractivity contribution is -0.123. The van der Waals surface area contributed by atoms with Crippen molar-refractivity contribution in [2.45, 2.75) is 18.2 Å². The molecule has 1 saturated heterocycles. The number of nitrogens with zero attached hydrogens (tertiary/aromatic N) is 2. The third-order valence-corrected chi connectivity index (χ3v) is 2.70. The monoisotopic (exact) mass is 215 g/mol. The van der Waals surface area contributed by atoms with Crippen LogP contribution in [-0.2, 0) is 4.79 Å². The van der Waals surface area contributed by atoms with Gasteiger partial charge in [-0.15, -0.1) is 11.6 Å². The Hall–Kier alpha value is -0.790. The summed E-state index contributed by atoms with van der Waals surface area (Å²) in [7, 11) is 0. The lowest BCUT2D eigenvalue weighted by Crippen LogP contribution is -2.43. The smallest absolute Gasteiger partial charge is 0.221 e. The van der Waals surface area contributed by atoms with E-state index in [1.54, 1.807) is 0 Å². The molecule has 2 unspecified atom stereocenters. The van der Waals surface area contributed by atoms with Gasteiger partial charge in [-0.3, -0.25) is 4.79 Å². The third kappa shape index (κ3) is 3.17. The fraction of sp³-hybridized carbons (Fsp3) is 0.778. The average molecular weight is 216 g/mol. The maximum atomic E-state index is 11.0. The number of carbonyl (C=O) groups excluding carboxylic acids is 1. The van der Waals surface area contributed by atoms with Crippen LogP contribution in [0.4, 0.5) is 0 Å². The summed E-state index contributed by atoms with van der Waals surface area (Å²) in [5.74, 6) is -0.330. The van der Waals surface area contributed by atoms with Gasteiger partial charge in [-0.1, -0.05) is 0 Å². The van der Waals surface area contributed by atoms with Crippen LogP contribution in [0.3, 0.4) is 0 Å². The fourth-order valence-electron chi connectivity index (χ4n) is 1.72. The van der Waals surface area contributed by atoms with Gasteiger partial charge in [-0.25, -0.2) is 0 Å². The Bertz CT molecular complexity index is 251. The van der Waals surface area contributed by atoms with E-state index in [0.29, 0.717) is 13.1 Å². The van der Waals surface area contributed by atoms with Crippen molar-refractivity contribution in [3.05, 3.63) is 0 Å². The molecule has 1 rings (SSSR count). The molecule has 0 radical (unpaired) electrons. The lowest BCUT2D eigenvalue weighted by Gasteiger charge is -2.31. The maximum Gasteiger partial charge on any atom is 0.221 e. The maximum absolute atomic E-state index is 11.0. The summed E-state index contributed by atoms with van der Waals surface area (Å²) in [4.78, 5) is 13.0. The molecule has 0 aromatic heterocycles. The SMILES string of the molecule is N#CC(Cl)CN1CCCC(C(N)=O)C1. The Kier molecular flexibility index (Phi) is 4.18. The predicted octanol–water partition coefficient (Wildman–Crippen LogP) is 0.315. The average Bonchev–Trinajstić information content (AvgIpc) is 2.18. The van der Waals surface area contributed by atoms with Crippen LogP contribution in [-0.4, -0.2) is 35.8 Å². The van der Waals surface area contributed by atoms with E-state index < -0.39 is 5.38 Å². The van der Waals surface area contributed by atoms with Gasteiger partial charge in [0.15, 0.2) is 0 Å². The topological polar surface area (TPSA) is 70.1 Å². The van der Waals surface area contributed by atoms with E-state index in [1.165, 1.54) is 0 Å². The Morgan fingerprint density at radius 1 is 1.79 bits per heavy atom. The molecule has 0 saturated carbocycles. The van der Waals surface area contributed by atoms with Crippen LogP contribution < -0.4 is 5.73 Å². The van der Waals surface area contributed by atoms with E-state index in [-0.39, 0.29) is 11.8 Å². The molecule has 1 heterocycles. The van der Waals surface area contributed by atoms with Gasteiger partial charge in [0.2, 0.25) is 5.91 Å². The first-order valence-corrected chi connectivity index (χ1v) is 5.12. The number of amides is 1. The summed E-state index contributed by atoms with van der Waals surface area (Å²) in [6.45, 7) is 2.05. The molecule has 0 spiro atoms. The first-order chi connectivity index (χ1) is 6.63. The second kappa shape index (κ2) is 5.18. The first-order valence-electron chi connectivity index (χ1n) is 4.69. The standard InChI is InChI=1S/C9H14ClN3O/c10-8(4-11)6-13-3-1-2-7(5-13)9(12)14/h7-8H,1-3,5-6H2,(H2,12,14). The first kappa shape index (κ1) is 11.3. The Balaban J connectivity index is 2.41. The van der Waals surface area contributed by atoms with Crippen molar-refractivity contribution in [3.8, 4) is 6.07 Å². The van der Waals surface area contributed by atoms with Gasteiger partial charge in [0, 0.05) is 13.1 Å². The quantitative estimate of drug-likeness (QED) is 0.690. The highest BCUT2D eigenvalue weighted by Gasteiger charge is 2.24. The van der Waals surface area contributed by atoms with Crippen molar-refractivity contribution in [3.63, 3.8) is 0 Å². The Morgan fingerprint density at radius 3 is 3.07 bits per heavy atom. The number of piperidine rings is 1. The summed E-state index contributed by atoms with van der Waals surface area (Å²) < 4.78 is 0. The highest BCUT2D eigenvalue weighted by atomic mass is 35.5. The highest BCUT2D eigenvalue weighted by molar-refractivity contribution is 6.22. The Morgan fingerprint density at radius 2 is 2.50 bits per heavy atom. The normalized spacial score (nSPS) is 25.3. The van der Waals surface area contributed by atoms with Crippen LogP contribution in [0.15, 0.2) is 0 Å². The van der Waals surface area contributed by atoms with Crippen LogP contribution in [0.2, 0.25) is 0 Å². The van der Waals surface area contributed by atoms with E-state index in [9.17, 15) is 4.79 Å².